The van der Waals surface area contributed by atoms with Gasteiger partial charge in [0.05, 0.1) is 0 Å². The number of amides is 2. The van der Waals surface area contributed by atoms with E-state index in [1.165, 1.54) is 0 Å². The first-order chi connectivity index (χ1) is 8.27. The van der Waals surface area contributed by atoms with Crippen LogP contribution in [0.2, 0.25) is 0 Å². The number of nitrogens with one attached hydrogen (secondary N) is 2. The van der Waals surface area contributed by atoms with Crippen LogP contribution < -0.4 is 10.6 Å². The molecule has 0 spiro atoms. The highest BCUT2D eigenvalue weighted by Crippen LogP contribution is 2.06. The quantitative estimate of drug-likeness (QED) is 0.780. The number of aromatic nitrogens is 1. The summed E-state index contributed by atoms with van der Waals surface area (Å²) in [4.78, 5) is 27.3. The maximum absolute atomic E-state index is 11.9. The van der Waals surface area contributed by atoms with Gasteiger partial charge in [-0.1, -0.05) is 0 Å². The average Bonchev–Trinajstić information content (AvgIpc) is 2.56. The molecule has 5 heteroatoms. The van der Waals surface area contributed by atoms with E-state index in [-0.39, 0.29) is 11.8 Å². The van der Waals surface area contributed by atoms with Gasteiger partial charge in [-0.3, -0.25) is 14.6 Å². The second kappa shape index (κ2) is 5.43. The monoisotopic (exact) mass is 233 g/mol. The maximum Gasteiger partial charge on any atom is 0.252 e. The van der Waals surface area contributed by atoms with Crippen molar-refractivity contribution >= 4 is 11.8 Å². The van der Waals surface area contributed by atoms with Crippen molar-refractivity contribution in [3.05, 3.63) is 30.1 Å². The summed E-state index contributed by atoms with van der Waals surface area (Å²) in [6, 6.07) is 2.84. The first-order valence-electron chi connectivity index (χ1n) is 5.76. The molecule has 2 amide bonds. The Labute approximate surface area is 99.6 Å². The zero-order chi connectivity index (χ0) is 12.1. The van der Waals surface area contributed by atoms with Gasteiger partial charge < -0.3 is 10.6 Å². The van der Waals surface area contributed by atoms with E-state index < -0.39 is 6.04 Å². The van der Waals surface area contributed by atoms with E-state index in [9.17, 15) is 9.59 Å². The highest BCUT2D eigenvalue weighted by atomic mass is 16.2. The first-order valence-corrected chi connectivity index (χ1v) is 5.76. The van der Waals surface area contributed by atoms with Crippen LogP contribution in [0.3, 0.4) is 0 Å². The second-order valence-electron chi connectivity index (χ2n) is 4.05. The molecule has 0 bridgehead atoms. The Morgan fingerprint density at radius 3 is 2.88 bits per heavy atom. The van der Waals surface area contributed by atoms with E-state index in [1.807, 2.05) is 0 Å². The summed E-state index contributed by atoms with van der Waals surface area (Å²) in [5.74, 6) is -0.320. The highest BCUT2D eigenvalue weighted by molar-refractivity contribution is 5.97. The molecule has 5 nitrogen and oxygen atoms in total. The van der Waals surface area contributed by atoms with Gasteiger partial charge in [-0.2, -0.15) is 0 Å². The van der Waals surface area contributed by atoms with Gasteiger partial charge in [-0.15, -0.1) is 0 Å². The van der Waals surface area contributed by atoms with Crippen molar-refractivity contribution in [1.29, 1.82) is 0 Å². The third kappa shape index (κ3) is 3.03. The molecular formula is C12H15N3O2. The van der Waals surface area contributed by atoms with Crippen LogP contribution in [0.15, 0.2) is 24.5 Å². The van der Waals surface area contributed by atoms with E-state index in [0.29, 0.717) is 18.5 Å². The van der Waals surface area contributed by atoms with Crippen LogP contribution >= 0.6 is 0 Å². The SMILES string of the molecule is O=C(NC1CCCCNC1=O)c1ccncc1. The number of pyridine rings is 1. The average molecular weight is 233 g/mol. The molecule has 2 N–H and O–H groups in total. The molecule has 1 aliphatic rings. The third-order valence-corrected chi connectivity index (χ3v) is 2.78. The lowest BCUT2D eigenvalue weighted by Gasteiger charge is -2.14. The van der Waals surface area contributed by atoms with Gasteiger partial charge >= 0.3 is 0 Å². The minimum Gasteiger partial charge on any atom is -0.354 e. The van der Waals surface area contributed by atoms with Gasteiger partial charge in [0.1, 0.15) is 6.04 Å². The fourth-order valence-electron chi connectivity index (χ4n) is 1.82. The summed E-state index contributed by atoms with van der Waals surface area (Å²) in [6.45, 7) is 0.695. The largest absolute Gasteiger partial charge is 0.354 e. The number of hydrogen-bond acceptors (Lipinski definition) is 3. The van der Waals surface area contributed by atoms with Crippen LogP contribution in [0.4, 0.5) is 0 Å². The van der Waals surface area contributed by atoms with Crippen LogP contribution in [0.1, 0.15) is 29.6 Å². The molecule has 1 aromatic heterocycles. The van der Waals surface area contributed by atoms with Crippen LogP contribution in [-0.4, -0.2) is 29.4 Å². The van der Waals surface area contributed by atoms with Crippen molar-refractivity contribution in [3.8, 4) is 0 Å². The summed E-state index contributed by atoms with van der Waals surface area (Å²) in [7, 11) is 0. The summed E-state index contributed by atoms with van der Waals surface area (Å²) in [6.07, 6.45) is 5.72. The smallest absolute Gasteiger partial charge is 0.252 e. The molecule has 1 atom stereocenters. The zero-order valence-corrected chi connectivity index (χ0v) is 9.48. The molecule has 90 valence electrons. The molecule has 0 radical (unpaired) electrons. The number of hydrogen-bond donors (Lipinski definition) is 2. The summed E-state index contributed by atoms with van der Waals surface area (Å²) >= 11 is 0. The standard InChI is InChI=1S/C12H15N3O2/c16-11(9-4-7-13-8-5-9)15-10-3-1-2-6-14-12(10)17/h4-5,7-8,10H,1-3,6H2,(H,14,17)(H,15,16). The van der Waals surface area contributed by atoms with Gasteiger partial charge in [0, 0.05) is 24.5 Å². The van der Waals surface area contributed by atoms with Crippen molar-refractivity contribution < 1.29 is 9.59 Å². The Morgan fingerprint density at radius 2 is 2.12 bits per heavy atom. The predicted molar refractivity (Wildman–Crippen MR) is 62.4 cm³/mol. The number of carbonyl (C=O) groups is 2. The Kier molecular flexibility index (Phi) is 3.69. The molecule has 1 aromatic rings. The van der Waals surface area contributed by atoms with Gasteiger partial charge in [-0.05, 0) is 31.4 Å². The molecule has 17 heavy (non-hydrogen) atoms. The predicted octanol–water partition coefficient (Wildman–Crippen LogP) is 0.480. The summed E-state index contributed by atoms with van der Waals surface area (Å²) in [5, 5.41) is 5.53. The van der Waals surface area contributed by atoms with E-state index >= 15 is 0 Å². The van der Waals surface area contributed by atoms with E-state index in [1.54, 1.807) is 24.5 Å². The Balaban J connectivity index is 2.00. The Morgan fingerprint density at radius 1 is 1.35 bits per heavy atom. The van der Waals surface area contributed by atoms with Gasteiger partial charge in [0.25, 0.3) is 5.91 Å². The maximum atomic E-state index is 11.9. The van der Waals surface area contributed by atoms with Gasteiger partial charge in [-0.25, -0.2) is 0 Å². The van der Waals surface area contributed by atoms with Crippen molar-refractivity contribution in [2.24, 2.45) is 0 Å². The summed E-state index contributed by atoms with van der Waals surface area (Å²) in [5.41, 5.74) is 0.525. The van der Waals surface area contributed by atoms with Gasteiger partial charge in [0.2, 0.25) is 5.91 Å². The lowest BCUT2D eigenvalue weighted by atomic mass is 10.1. The lowest BCUT2D eigenvalue weighted by molar-refractivity contribution is -0.122. The van der Waals surface area contributed by atoms with E-state index in [0.717, 1.165) is 12.8 Å². The van der Waals surface area contributed by atoms with Crippen molar-refractivity contribution in [2.75, 3.05) is 6.54 Å². The lowest BCUT2D eigenvalue weighted by Crippen LogP contribution is -2.45. The fourth-order valence-corrected chi connectivity index (χ4v) is 1.82. The molecule has 0 aromatic carbocycles. The fraction of sp³-hybridized carbons (Fsp3) is 0.417. The molecule has 2 heterocycles. The minimum atomic E-state index is -0.418. The van der Waals surface area contributed by atoms with Gasteiger partial charge in [0.15, 0.2) is 0 Å². The molecule has 1 saturated heterocycles. The number of rotatable bonds is 2. The molecule has 0 saturated carbocycles. The molecule has 1 aliphatic heterocycles. The Hall–Kier alpha value is -1.91. The number of carbonyl (C=O) groups excluding carboxylic acids is 2. The van der Waals surface area contributed by atoms with E-state index in [2.05, 4.69) is 15.6 Å². The molecule has 1 fully saturated rings. The second-order valence-corrected chi connectivity index (χ2v) is 4.05. The van der Waals surface area contributed by atoms with Crippen LogP contribution in [-0.2, 0) is 4.79 Å². The Bertz CT molecular complexity index is 405. The van der Waals surface area contributed by atoms with Crippen molar-refractivity contribution in [2.45, 2.75) is 25.3 Å². The summed E-state index contributed by atoms with van der Waals surface area (Å²) < 4.78 is 0. The van der Waals surface area contributed by atoms with E-state index in [4.69, 9.17) is 0 Å². The van der Waals surface area contributed by atoms with Crippen LogP contribution in [0.5, 0.6) is 0 Å². The molecule has 1 unspecified atom stereocenters. The van der Waals surface area contributed by atoms with Crippen molar-refractivity contribution in [1.82, 2.24) is 15.6 Å². The van der Waals surface area contributed by atoms with Crippen LogP contribution in [0.25, 0.3) is 0 Å². The third-order valence-electron chi connectivity index (χ3n) is 2.78. The molecular weight excluding hydrogens is 218 g/mol. The zero-order valence-electron chi connectivity index (χ0n) is 9.48. The number of nitrogens with zero attached hydrogens (tertiary/aromatic N) is 1. The van der Waals surface area contributed by atoms with Crippen molar-refractivity contribution in [3.63, 3.8) is 0 Å². The molecule has 2 rings (SSSR count). The molecule has 0 aliphatic carbocycles. The van der Waals surface area contributed by atoms with Crippen LogP contribution in [0, 0.1) is 0 Å². The highest BCUT2D eigenvalue weighted by Gasteiger charge is 2.22. The minimum absolute atomic E-state index is 0.0927. The first kappa shape index (κ1) is 11.6. The topological polar surface area (TPSA) is 71.1 Å². The normalized spacial score (nSPS) is 20.2.